The summed E-state index contributed by atoms with van der Waals surface area (Å²) in [6.45, 7) is 9.32. The fourth-order valence-corrected chi connectivity index (χ4v) is 2.54. The summed E-state index contributed by atoms with van der Waals surface area (Å²) in [6, 6.07) is 8.96. The molecule has 0 spiro atoms. The van der Waals surface area contributed by atoms with E-state index in [9.17, 15) is 0 Å². The largest absolute Gasteiger partial charge is 0.371 e. The number of rotatable bonds is 2. The molecule has 88 valence electrons. The van der Waals surface area contributed by atoms with Crippen LogP contribution in [0.25, 0.3) is 0 Å². The average Bonchev–Trinajstić information content (AvgIpc) is 2.30. The molecule has 1 atom stereocenters. The highest BCUT2D eigenvalue weighted by atomic mass is 15.1. The van der Waals surface area contributed by atoms with Gasteiger partial charge in [-0.25, -0.2) is 0 Å². The Balaban J connectivity index is 2.06. The second-order valence-corrected chi connectivity index (χ2v) is 5.43. The van der Waals surface area contributed by atoms with Crippen molar-refractivity contribution in [3.63, 3.8) is 0 Å². The van der Waals surface area contributed by atoms with Gasteiger partial charge in [0.05, 0.1) is 0 Å². The first-order valence-corrected chi connectivity index (χ1v) is 6.48. The van der Waals surface area contributed by atoms with Gasteiger partial charge >= 0.3 is 0 Å². The highest BCUT2D eigenvalue weighted by molar-refractivity contribution is 5.47. The summed E-state index contributed by atoms with van der Waals surface area (Å²) in [5.74, 6) is 1.68. The molecule has 1 fully saturated rings. The predicted octanol–water partition coefficient (Wildman–Crippen LogP) is 3.87. The Bertz CT molecular complexity index is 326. The van der Waals surface area contributed by atoms with Crippen LogP contribution < -0.4 is 4.90 Å². The molecule has 16 heavy (non-hydrogen) atoms. The van der Waals surface area contributed by atoms with Crippen molar-refractivity contribution in [1.29, 1.82) is 0 Å². The zero-order valence-electron chi connectivity index (χ0n) is 10.7. The third-order valence-electron chi connectivity index (χ3n) is 3.80. The van der Waals surface area contributed by atoms with Crippen LogP contribution in [0.3, 0.4) is 0 Å². The number of hydrogen-bond donors (Lipinski definition) is 0. The predicted molar refractivity (Wildman–Crippen MR) is 71.0 cm³/mol. The molecule has 0 saturated carbocycles. The lowest BCUT2D eigenvalue weighted by Gasteiger charge is -2.36. The van der Waals surface area contributed by atoms with Crippen molar-refractivity contribution in [2.45, 2.75) is 33.6 Å². The van der Waals surface area contributed by atoms with Gasteiger partial charge in [0.25, 0.3) is 0 Å². The van der Waals surface area contributed by atoms with Crippen LogP contribution in [0.15, 0.2) is 24.3 Å². The van der Waals surface area contributed by atoms with Gasteiger partial charge in [0.2, 0.25) is 0 Å². The van der Waals surface area contributed by atoms with Gasteiger partial charge in [-0.15, -0.1) is 0 Å². The second-order valence-electron chi connectivity index (χ2n) is 5.43. The maximum atomic E-state index is 2.55. The summed E-state index contributed by atoms with van der Waals surface area (Å²) < 4.78 is 0. The van der Waals surface area contributed by atoms with E-state index in [-0.39, 0.29) is 0 Å². The lowest BCUT2D eigenvalue weighted by atomic mass is 9.87. The van der Waals surface area contributed by atoms with Crippen LogP contribution in [0.4, 0.5) is 5.69 Å². The first kappa shape index (κ1) is 11.5. The monoisotopic (exact) mass is 217 g/mol. The molecule has 1 unspecified atom stereocenters. The molecule has 1 nitrogen and oxygen atoms in total. The van der Waals surface area contributed by atoms with Crippen molar-refractivity contribution in [3.8, 4) is 0 Å². The molecule has 0 aliphatic carbocycles. The molecular weight excluding hydrogens is 194 g/mol. The normalized spacial score (nSPS) is 21.5. The molecule has 1 saturated heterocycles. The summed E-state index contributed by atoms with van der Waals surface area (Å²) in [7, 11) is 0. The van der Waals surface area contributed by atoms with Crippen molar-refractivity contribution in [1.82, 2.24) is 0 Å². The van der Waals surface area contributed by atoms with E-state index in [0.717, 1.165) is 11.8 Å². The van der Waals surface area contributed by atoms with Gasteiger partial charge < -0.3 is 4.90 Å². The van der Waals surface area contributed by atoms with E-state index in [2.05, 4.69) is 49.9 Å². The third-order valence-corrected chi connectivity index (χ3v) is 3.80. The lowest BCUT2D eigenvalue weighted by Crippen LogP contribution is -2.37. The maximum absolute atomic E-state index is 2.55. The van der Waals surface area contributed by atoms with Crippen LogP contribution in [0.5, 0.6) is 0 Å². The van der Waals surface area contributed by atoms with Gasteiger partial charge in [-0.1, -0.05) is 31.5 Å². The van der Waals surface area contributed by atoms with Gasteiger partial charge in [-0.3, -0.25) is 0 Å². The molecule has 0 amide bonds. The van der Waals surface area contributed by atoms with Crippen molar-refractivity contribution in [2.24, 2.45) is 11.8 Å². The smallest absolute Gasteiger partial charge is 0.0366 e. The highest BCUT2D eigenvalue weighted by Crippen LogP contribution is 2.27. The lowest BCUT2D eigenvalue weighted by molar-refractivity contribution is 0.322. The SMILES string of the molecule is Cc1ccc(N2CCCC(C(C)C)C2)cc1. The number of nitrogens with zero attached hydrogens (tertiary/aromatic N) is 1. The van der Waals surface area contributed by atoms with Gasteiger partial charge in [-0.05, 0) is 43.7 Å². The minimum absolute atomic E-state index is 0.813. The topological polar surface area (TPSA) is 3.24 Å². The van der Waals surface area contributed by atoms with E-state index >= 15 is 0 Å². The third kappa shape index (κ3) is 2.58. The molecule has 1 aliphatic heterocycles. The molecule has 1 aromatic carbocycles. The molecule has 0 N–H and O–H groups in total. The van der Waals surface area contributed by atoms with Crippen LogP contribution in [0.2, 0.25) is 0 Å². The summed E-state index contributed by atoms with van der Waals surface area (Å²) >= 11 is 0. The first-order valence-electron chi connectivity index (χ1n) is 6.48. The number of piperidine rings is 1. The van der Waals surface area contributed by atoms with E-state index in [4.69, 9.17) is 0 Å². The number of hydrogen-bond acceptors (Lipinski definition) is 1. The van der Waals surface area contributed by atoms with Crippen LogP contribution in [-0.4, -0.2) is 13.1 Å². The Labute approximate surface area is 99.5 Å². The van der Waals surface area contributed by atoms with Gasteiger partial charge in [0.15, 0.2) is 0 Å². The van der Waals surface area contributed by atoms with Crippen LogP contribution in [0, 0.1) is 18.8 Å². The molecule has 0 radical (unpaired) electrons. The molecule has 1 heteroatoms. The number of anilines is 1. The van der Waals surface area contributed by atoms with Crippen molar-refractivity contribution in [3.05, 3.63) is 29.8 Å². The number of aryl methyl sites for hydroxylation is 1. The quantitative estimate of drug-likeness (QED) is 0.727. The fourth-order valence-electron chi connectivity index (χ4n) is 2.54. The average molecular weight is 217 g/mol. The summed E-state index contributed by atoms with van der Waals surface area (Å²) in [6.07, 6.45) is 2.75. The highest BCUT2D eigenvalue weighted by Gasteiger charge is 2.22. The van der Waals surface area contributed by atoms with E-state index < -0.39 is 0 Å². The Kier molecular flexibility index (Phi) is 3.52. The molecule has 1 aromatic rings. The van der Waals surface area contributed by atoms with Crippen LogP contribution in [0.1, 0.15) is 32.3 Å². The van der Waals surface area contributed by atoms with Gasteiger partial charge in [-0.2, -0.15) is 0 Å². The zero-order chi connectivity index (χ0) is 11.5. The maximum Gasteiger partial charge on any atom is 0.0366 e. The Morgan fingerprint density at radius 3 is 2.50 bits per heavy atom. The Morgan fingerprint density at radius 2 is 1.88 bits per heavy atom. The fraction of sp³-hybridized carbons (Fsp3) is 0.600. The molecule has 1 heterocycles. The van der Waals surface area contributed by atoms with Gasteiger partial charge in [0.1, 0.15) is 0 Å². The summed E-state index contributed by atoms with van der Waals surface area (Å²) in [4.78, 5) is 2.55. The van der Waals surface area contributed by atoms with Crippen molar-refractivity contribution < 1.29 is 0 Å². The van der Waals surface area contributed by atoms with E-state index in [1.807, 2.05) is 0 Å². The van der Waals surface area contributed by atoms with E-state index in [1.165, 1.54) is 37.2 Å². The number of benzene rings is 1. The molecule has 2 rings (SSSR count). The first-order chi connectivity index (χ1) is 7.66. The molecule has 0 bridgehead atoms. The summed E-state index contributed by atoms with van der Waals surface area (Å²) in [5, 5.41) is 0. The zero-order valence-corrected chi connectivity index (χ0v) is 10.7. The van der Waals surface area contributed by atoms with E-state index in [1.54, 1.807) is 0 Å². The molecular formula is C15H23N. The van der Waals surface area contributed by atoms with Crippen LogP contribution >= 0.6 is 0 Å². The van der Waals surface area contributed by atoms with Gasteiger partial charge in [0, 0.05) is 18.8 Å². The Morgan fingerprint density at radius 1 is 1.19 bits per heavy atom. The van der Waals surface area contributed by atoms with E-state index in [0.29, 0.717) is 0 Å². The molecule has 0 aromatic heterocycles. The minimum Gasteiger partial charge on any atom is -0.371 e. The van der Waals surface area contributed by atoms with Crippen molar-refractivity contribution in [2.75, 3.05) is 18.0 Å². The van der Waals surface area contributed by atoms with Crippen molar-refractivity contribution >= 4 is 5.69 Å². The second kappa shape index (κ2) is 4.90. The molecule has 1 aliphatic rings. The van der Waals surface area contributed by atoms with Crippen LogP contribution in [-0.2, 0) is 0 Å². The summed E-state index contributed by atoms with van der Waals surface area (Å²) in [5.41, 5.74) is 2.75. The minimum atomic E-state index is 0.813. The standard InChI is InChI=1S/C15H23N/c1-12(2)14-5-4-10-16(11-14)15-8-6-13(3)7-9-15/h6-9,12,14H,4-5,10-11H2,1-3H3. The Hall–Kier alpha value is -0.980.